The molecule has 6 rings (SSSR count). The van der Waals surface area contributed by atoms with Crippen molar-refractivity contribution in [3.63, 3.8) is 0 Å². The molecule has 538 valence electrons. The second-order valence-corrected chi connectivity index (χ2v) is 27.6. The maximum atomic E-state index is 13.8. The number of carbonyl (C=O) groups excluding carboxylic acids is 8. The van der Waals surface area contributed by atoms with Crippen molar-refractivity contribution in [2.75, 3.05) is 26.3 Å². The Bertz CT molecular complexity index is 3470. The fourth-order valence-corrected chi connectivity index (χ4v) is 9.90. The van der Waals surface area contributed by atoms with Crippen molar-refractivity contribution < 1.29 is 76.3 Å². The molecule has 0 radical (unpaired) electrons. The van der Waals surface area contributed by atoms with Gasteiger partial charge in [-0.15, -0.1) is 0 Å². The van der Waals surface area contributed by atoms with Crippen LogP contribution in [-0.4, -0.2) is 121 Å². The Kier molecular flexibility index (Phi) is 30.1. The van der Waals surface area contributed by atoms with Crippen LogP contribution in [0, 0.1) is 0 Å². The number of esters is 2. The Morgan fingerprint density at radius 1 is 0.380 bits per heavy atom. The van der Waals surface area contributed by atoms with Crippen molar-refractivity contribution >= 4 is 81.6 Å². The van der Waals surface area contributed by atoms with Gasteiger partial charge in [-0.1, -0.05) is 121 Å². The molecule has 6 aromatic rings. The SMILES string of the molecule is CC(C)(C)OC(=O)NC(=NCCCC[C@@H](NC(=O)CCCOc1ccc2ccccc2c1-c1c(OCCCC(=O)N[C@H](CCCCN=C(NC(=O)OC(C)(C)C)NC(=O)OC(C)(C)C)C(=O)OCc2ccccc2)ccc2ccccc12)C(=O)OCc1ccccc1)NC(=O)OC(C)(C)C. The van der Waals surface area contributed by atoms with Gasteiger partial charge < -0.3 is 48.5 Å². The van der Waals surface area contributed by atoms with E-state index in [2.05, 4.69) is 41.9 Å². The quantitative estimate of drug-likeness (QED) is 0.00836. The molecule has 0 saturated heterocycles. The monoisotopic (exact) mass is 1380 g/mol. The number of carbonyl (C=O) groups is 8. The number of hydrogen-bond donors (Lipinski definition) is 6. The first-order valence-electron chi connectivity index (χ1n) is 33.7. The van der Waals surface area contributed by atoms with Crippen LogP contribution < -0.4 is 41.4 Å². The van der Waals surface area contributed by atoms with E-state index in [1.165, 1.54) is 0 Å². The summed E-state index contributed by atoms with van der Waals surface area (Å²) in [5.74, 6) is -1.34. The average molecular weight is 1380 g/mol. The standard InChI is InChI=1S/C76H98N8O16/c1-73(2,3)97-69(89)81-67(82-70(90)98-74(4,5)6)77-45-25-23-37-57(65(87)95-49-51-29-15-13-16-30-51)79-61(85)39-27-47-93-59-43-41-53-33-19-21-35-55(53)63(59)64-56-36-22-20-34-54(56)42-44-60(64)94-48-28-40-62(86)80-58(66(88)96-50-52-31-17-14-18-32-52)38-24-26-46-78-68(83-71(91)99-75(7,8)9)84-72(92)100-76(10,11)12/h13-22,29-36,41-44,57-58H,23-28,37-40,45-50H2,1-12H3,(H,79,85)(H,80,86)(H2,77,81,82,89,90)(H2,78,83,84,91,92)/t57-,58-/m1/s1. The van der Waals surface area contributed by atoms with Crippen molar-refractivity contribution in [3.05, 3.63) is 145 Å². The number of fused-ring (bicyclic) bond motifs is 2. The highest BCUT2D eigenvalue weighted by atomic mass is 16.6. The molecule has 0 unspecified atom stereocenters. The summed E-state index contributed by atoms with van der Waals surface area (Å²) in [6.07, 6.45) is -0.877. The van der Waals surface area contributed by atoms with E-state index >= 15 is 0 Å². The number of benzene rings is 6. The van der Waals surface area contributed by atoms with Crippen LogP contribution in [0.15, 0.2) is 143 Å². The third-order valence-electron chi connectivity index (χ3n) is 14.1. The number of amides is 6. The molecule has 0 bridgehead atoms. The summed E-state index contributed by atoms with van der Waals surface area (Å²) in [5.41, 5.74) is -0.255. The summed E-state index contributed by atoms with van der Waals surface area (Å²) in [5, 5.41) is 19.2. The third kappa shape index (κ3) is 29.4. The molecule has 6 amide bonds. The lowest BCUT2D eigenvalue weighted by Crippen LogP contribution is -2.47. The number of guanidine groups is 2. The van der Waals surface area contributed by atoms with E-state index in [0.29, 0.717) is 37.2 Å². The normalized spacial score (nSPS) is 12.1. The van der Waals surface area contributed by atoms with Crippen molar-refractivity contribution in [2.24, 2.45) is 9.98 Å². The summed E-state index contributed by atoms with van der Waals surface area (Å²) >= 11 is 0. The zero-order valence-electron chi connectivity index (χ0n) is 59.6. The van der Waals surface area contributed by atoms with Gasteiger partial charge in [0, 0.05) is 37.1 Å². The molecule has 24 nitrogen and oxygen atoms in total. The van der Waals surface area contributed by atoms with Crippen LogP contribution in [0.3, 0.4) is 0 Å². The molecule has 6 N–H and O–H groups in total. The number of hydrogen-bond acceptors (Lipinski definition) is 18. The van der Waals surface area contributed by atoms with Crippen molar-refractivity contribution in [2.45, 2.75) is 195 Å². The molecule has 0 spiro atoms. The van der Waals surface area contributed by atoms with Gasteiger partial charge in [-0.05, 0) is 179 Å². The van der Waals surface area contributed by atoms with Gasteiger partial charge in [-0.3, -0.25) is 40.8 Å². The molecular weight excluding hydrogens is 1280 g/mol. The highest BCUT2D eigenvalue weighted by molar-refractivity contribution is 6.10. The third-order valence-corrected chi connectivity index (χ3v) is 14.1. The Morgan fingerprint density at radius 3 is 1.03 bits per heavy atom. The molecule has 24 heteroatoms. The maximum absolute atomic E-state index is 13.8. The molecule has 100 heavy (non-hydrogen) atoms. The molecule has 0 aliphatic rings. The van der Waals surface area contributed by atoms with Crippen LogP contribution in [-0.2, 0) is 60.8 Å². The van der Waals surface area contributed by atoms with E-state index in [1.54, 1.807) is 83.1 Å². The van der Waals surface area contributed by atoms with Gasteiger partial charge in [0.25, 0.3) is 0 Å². The lowest BCUT2D eigenvalue weighted by Gasteiger charge is -2.22. The number of nitrogens with zero attached hydrogens (tertiary/aromatic N) is 2. The molecule has 0 saturated carbocycles. The number of ether oxygens (including phenoxy) is 8. The van der Waals surface area contributed by atoms with Crippen LogP contribution in [0.25, 0.3) is 32.7 Å². The molecule has 0 heterocycles. The van der Waals surface area contributed by atoms with Gasteiger partial charge in [0.05, 0.1) is 13.2 Å². The van der Waals surface area contributed by atoms with E-state index in [1.807, 2.05) is 133 Å². The summed E-state index contributed by atoms with van der Waals surface area (Å²) < 4.78 is 46.1. The Balaban J connectivity index is 1.12. The highest BCUT2D eigenvalue weighted by Gasteiger charge is 2.28. The maximum Gasteiger partial charge on any atom is 0.414 e. The second kappa shape index (κ2) is 38.2. The van der Waals surface area contributed by atoms with Crippen LogP contribution in [0.1, 0.15) is 158 Å². The van der Waals surface area contributed by atoms with Gasteiger partial charge >= 0.3 is 36.3 Å². The first-order chi connectivity index (χ1) is 47.4. The first kappa shape index (κ1) is 78.7. The van der Waals surface area contributed by atoms with E-state index < -0.39 is 82.6 Å². The number of alkyl carbamates (subject to hydrolysis) is 4. The molecule has 0 aromatic heterocycles. The topological polar surface area (TPSA) is 307 Å². The van der Waals surface area contributed by atoms with Gasteiger partial charge in [0.15, 0.2) is 0 Å². The van der Waals surface area contributed by atoms with Crippen LogP contribution >= 0.6 is 0 Å². The Hall–Kier alpha value is -10.3. The summed E-state index contributed by atoms with van der Waals surface area (Å²) in [7, 11) is 0. The smallest absolute Gasteiger partial charge is 0.414 e. The molecule has 2 atom stereocenters. The second-order valence-electron chi connectivity index (χ2n) is 27.6. The van der Waals surface area contributed by atoms with Crippen LogP contribution in [0.2, 0.25) is 0 Å². The lowest BCUT2D eigenvalue weighted by atomic mass is 9.92. The largest absolute Gasteiger partial charge is 0.493 e. The average Bonchev–Trinajstić information content (AvgIpc) is 0.755. The number of nitrogens with one attached hydrogen (secondary N) is 6. The van der Waals surface area contributed by atoms with Crippen molar-refractivity contribution in [3.8, 4) is 22.6 Å². The number of rotatable bonds is 29. The summed E-state index contributed by atoms with van der Waals surface area (Å²) in [6.45, 7) is 20.8. The van der Waals surface area contributed by atoms with E-state index in [9.17, 15) is 38.4 Å². The summed E-state index contributed by atoms with van der Waals surface area (Å²) in [6, 6.07) is 39.8. The van der Waals surface area contributed by atoms with E-state index in [4.69, 9.17) is 37.9 Å². The van der Waals surface area contributed by atoms with E-state index in [0.717, 1.165) is 43.8 Å². The minimum absolute atomic E-state index is 0.000644. The first-order valence-corrected chi connectivity index (χ1v) is 33.7. The highest BCUT2D eigenvalue weighted by Crippen LogP contribution is 2.45. The summed E-state index contributed by atoms with van der Waals surface area (Å²) in [4.78, 5) is 114. The zero-order valence-corrected chi connectivity index (χ0v) is 59.6. The van der Waals surface area contributed by atoms with Crippen molar-refractivity contribution in [1.29, 1.82) is 0 Å². The van der Waals surface area contributed by atoms with E-state index in [-0.39, 0.29) is 90.0 Å². The Morgan fingerprint density at radius 2 is 0.700 bits per heavy atom. The van der Waals surface area contributed by atoms with Gasteiger partial charge in [0.2, 0.25) is 23.7 Å². The molecular formula is C76H98N8O16. The minimum Gasteiger partial charge on any atom is -0.493 e. The minimum atomic E-state index is -1.02. The van der Waals surface area contributed by atoms with Gasteiger partial charge in [0.1, 0.15) is 59.2 Å². The van der Waals surface area contributed by atoms with Gasteiger partial charge in [-0.25, -0.2) is 28.8 Å². The van der Waals surface area contributed by atoms with Gasteiger partial charge in [-0.2, -0.15) is 0 Å². The predicted octanol–water partition coefficient (Wildman–Crippen LogP) is 13.6. The Labute approximate surface area is 585 Å². The fraction of sp³-hybridized carbons (Fsp3) is 0.447. The fourth-order valence-electron chi connectivity index (χ4n) is 9.90. The zero-order chi connectivity index (χ0) is 72.9. The lowest BCUT2D eigenvalue weighted by molar-refractivity contribution is -0.149. The molecule has 0 fully saturated rings. The van der Waals surface area contributed by atoms with Crippen molar-refractivity contribution in [1.82, 2.24) is 31.9 Å². The molecule has 6 aromatic carbocycles. The predicted molar refractivity (Wildman–Crippen MR) is 382 cm³/mol. The number of unbranched alkanes of at least 4 members (excludes halogenated alkanes) is 2. The van der Waals surface area contributed by atoms with Crippen LogP contribution in [0.5, 0.6) is 11.5 Å². The molecule has 0 aliphatic carbocycles. The van der Waals surface area contributed by atoms with Crippen LogP contribution in [0.4, 0.5) is 19.2 Å². The molecule has 0 aliphatic heterocycles. The number of aliphatic imine (C=N–C) groups is 2.